The number of aliphatic hydroxyl groups excluding tert-OH is 1. The summed E-state index contributed by atoms with van der Waals surface area (Å²) >= 11 is 0. The van der Waals surface area contributed by atoms with Crippen LogP contribution in [0.1, 0.15) is 19.4 Å². The predicted molar refractivity (Wildman–Crippen MR) is 93.1 cm³/mol. The van der Waals surface area contributed by atoms with Crippen LogP contribution in [0.4, 0.5) is 0 Å². The van der Waals surface area contributed by atoms with Crippen molar-refractivity contribution in [1.82, 2.24) is 9.80 Å². The van der Waals surface area contributed by atoms with Crippen LogP contribution in [-0.4, -0.2) is 73.2 Å². The fraction of sp³-hybridized carbons (Fsp3) is 0.647. The van der Waals surface area contributed by atoms with Gasteiger partial charge in [-0.2, -0.15) is 0 Å². The van der Waals surface area contributed by atoms with Gasteiger partial charge in [0.25, 0.3) is 0 Å². The molecule has 3 atom stereocenters. The van der Waals surface area contributed by atoms with Gasteiger partial charge >= 0.3 is 0 Å². The maximum absolute atomic E-state index is 11.9. The van der Waals surface area contributed by atoms with E-state index in [0.717, 1.165) is 6.54 Å². The summed E-state index contributed by atoms with van der Waals surface area (Å²) in [5, 5.41) is 9.98. The van der Waals surface area contributed by atoms with Crippen LogP contribution in [0, 0.1) is 0 Å². The van der Waals surface area contributed by atoms with Crippen molar-refractivity contribution in [3.63, 3.8) is 0 Å². The molecule has 0 aromatic heterocycles. The first-order valence-corrected chi connectivity index (χ1v) is 9.87. The molecule has 130 valence electrons. The largest absolute Gasteiger partial charge is 0.390 e. The highest BCUT2D eigenvalue weighted by atomic mass is 32.2. The second-order valence-corrected chi connectivity index (χ2v) is 9.12. The fourth-order valence-electron chi connectivity index (χ4n) is 3.14. The van der Waals surface area contributed by atoms with Crippen LogP contribution >= 0.6 is 0 Å². The van der Waals surface area contributed by atoms with E-state index in [4.69, 9.17) is 0 Å². The third-order valence-electron chi connectivity index (χ3n) is 4.75. The molecule has 23 heavy (non-hydrogen) atoms. The number of nitrogens with zero attached hydrogens (tertiary/aromatic N) is 2. The highest BCUT2D eigenvalue weighted by molar-refractivity contribution is 7.92. The Morgan fingerprint density at radius 2 is 1.96 bits per heavy atom. The number of hydrogen-bond acceptors (Lipinski definition) is 5. The van der Waals surface area contributed by atoms with Gasteiger partial charge in [-0.3, -0.25) is 9.80 Å². The summed E-state index contributed by atoms with van der Waals surface area (Å²) in [5.41, 5.74) is 1.22. The van der Waals surface area contributed by atoms with Crippen molar-refractivity contribution in [2.75, 3.05) is 32.4 Å². The minimum Gasteiger partial charge on any atom is -0.390 e. The monoisotopic (exact) mass is 340 g/mol. The summed E-state index contributed by atoms with van der Waals surface area (Å²) in [6, 6.07) is 10.1. The minimum atomic E-state index is -2.98. The van der Waals surface area contributed by atoms with Crippen molar-refractivity contribution in [2.45, 2.75) is 37.8 Å². The van der Waals surface area contributed by atoms with E-state index in [9.17, 15) is 13.5 Å². The molecule has 3 unspecified atom stereocenters. The molecule has 0 bridgehead atoms. The highest BCUT2D eigenvalue weighted by Gasteiger charge is 2.36. The lowest BCUT2D eigenvalue weighted by Gasteiger charge is -2.38. The average Bonchev–Trinajstić information content (AvgIpc) is 2.49. The highest BCUT2D eigenvalue weighted by Crippen LogP contribution is 2.19. The number of β-amino-alcohol motifs (C(OH)–C–C–N with tert-alkyl or cyclic N) is 1. The summed E-state index contributed by atoms with van der Waals surface area (Å²) in [6.45, 7) is 6.08. The number of aliphatic hydroxyl groups is 1. The van der Waals surface area contributed by atoms with Crippen molar-refractivity contribution < 1.29 is 13.5 Å². The quantitative estimate of drug-likeness (QED) is 0.837. The van der Waals surface area contributed by atoms with Gasteiger partial charge in [-0.15, -0.1) is 0 Å². The van der Waals surface area contributed by atoms with Gasteiger partial charge in [-0.25, -0.2) is 8.42 Å². The zero-order valence-corrected chi connectivity index (χ0v) is 15.0. The van der Waals surface area contributed by atoms with Crippen molar-refractivity contribution in [3.8, 4) is 0 Å². The first kappa shape index (κ1) is 18.4. The van der Waals surface area contributed by atoms with Crippen LogP contribution in [0.5, 0.6) is 0 Å². The molecule has 1 aliphatic rings. The topological polar surface area (TPSA) is 60.9 Å². The Labute approximate surface area is 139 Å². The molecule has 1 fully saturated rings. The van der Waals surface area contributed by atoms with E-state index in [2.05, 4.69) is 21.9 Å². The lowest BCUT2D eigenvalue weighted by Crippen LogP contribution is -2.54. The molecule has 1 saturated heterocycles. The van der Waals surface area contributed by atoms with Crippen LogP contribution in [0.15, 0.2) is 30.3 Å². The van der Waals surface area contributed by atoms with Gasteiger partial charge in [-0.05, 0) is 26.5 Å². The number of rotatable bonds is 6. The van der Waals surface area contributed by atoms with Gasteiger partial charge in [0.2, 0.25) is 0 Å². The predicted octanol–water partition coefficient (Wildman–Crippen LogP) is 0.987. The maximum Gasteiger partial charge on any atom is 0.155 e. The Kier molecular flexibility index (Phi) is 6.19. The Morgan fingerprint density at radius 3 is 2.61 bits per heavy atom. The molecule has 1 aromatic carbocycles. The lowest BCUT2D eigenvalue weighted by atomic mass is 10.1. The molecule has 6 heteroatoms. The number of hydrogen-bond donors (Lipinski definition) is 1. The number of sulfone groups is 1. The Bertz CT molecular complexity index is 591. The average molecular weight is 340 g/mol. The van der Waals surface area contributed by atoms with Crippen LogP contribution < -0.4 is 0 Å². The van der Waals surface area contributed by atoms with E-state index in [-0.39, 0.29) is 17.0 Å². The zero-order valence-electron chi connectivity index (χ0n) is 14.2. The molecule has 1 aliphatic heterocycles. The molecule has 0 spiro atoms. The normalized spacial score (nSPS) is 26.3. The summed E-state index contributed by atoms with van der Waals surface area (Å²) in [4.78, 5) is 4.18. The summed E-state index contributed by atoms with van der Waals surface area (Å²) < 4.78 is 23.8. The van der Waals surface area contributed by atoms with Crippen molar-refractivity contribution in [2.24, 2.45) is 0 Å². The standard InChI is InChI=1S/C17H28N2O3S/c1-14-15(2)23(21,22)10-9-19(14)13-17(20)12-18(3)11-16-7-5-4-6-8-16/h4-8,14-15,17,20H,9-13H2,1-3H3. The van der Waals surface area contributed by atoms with Crippen molar-refractivity contribution in [1.29, 1.82) is 0 Å². The van der Waals surface area contributed by atoms with Crippen molar-refractivity contribution >= 4 is 9.84 Å². The third-order valence-corrected chi connectivity index (χ3v) is 7.03. The van der Waals surface area contributed by atoms with Gasteiger partial charge in [0.1, 0.15) is 0 Å². The summed E-state index contributed by atoms with van der Waals surface area (Å²) in [5.74, 6) is 0.186. The molecule has 0 amide bonds. The number of likely N-dealkylation sites (N-methyl/N-ethyl adjacent to an activating group) is 1. The number of benzene rings is 1. The molecule has 5 nitrogen and oxygen atoms in total. The molecule has 2 rings (SSSR count). The van der Waals surface area contributed by atoms with Crippen LogP contribution in [-0.2, 0) is 16.4 Å². The lowest BCUT2D eigenvalue weighted by molar-refractivity contribution is 0.0650. The molecule has 0 aliphatic carbocycles. The van der Waals surface area contributed by atoms with E-state index in [1.807, 2.05) is 32.2 Å². The zero-order chi connectivity index (χ0) is 17.0. The van der Waals surface area contributed by atoms with Crippen molar-refractivity contribution in [3.05, 3.63) is 35.9 Å². The van der Waals surface area contributed by atoms with E-state index in [0.29, 0.717) is 19.6 Å². The smallest absolute Gasteiger partial charge is 0.155 e. The second-order valence-electron chi connectivity index (χ2n) is 6.64. The Hall–Kier alpha value is -0.950. The van der Waals surface area contributed by atoms with Gasteiger partial charge in [0.15, 0.2) is 9.84 Å². The van der Waals surface area contributed by atoms with Crippen LogP contribution in [0.25, 0.3) is 0 Å². The van der Waals surface area contributed by atoms with Crippen LogP contribution in [0.2, 0.25) is 0 Å². The van der Waals surface area contributed by atoms with Gasteiger partial charge in [0, 0.05) is 32.2 Å². The van der Waals surface area contributed by atoms with Gasteiger partial charge in [0.05, 0.1) is 17.1 Å². The molecular weight excluding hydrogens is 312 g/mol. The first-order valence-electron chi connectivity index (χ1n) is 8.16. The molecular formula is C17H28N2O3S. The van der Waals surface area contributed by atoms with E-state index in [1.165, 1.54) is 5.56 Å². The van der Waals surface area contributed by atoms with Crippen LogP contribution in [0.3, 0.4) is 0 Å². The van der Waals surface area contributed by atoms with E-state index < -0.39 is 15.9 Å². The Morgan fingerprint density at radius 1 is 1.30 bits per heavy atom. The third kappa shape index (κ3) is 5.01. The molecule has 1 aromatic rings. The molecule has 1 heterocycles. The fourth-order valence-corrected chi connectivity index (χ4v) is 4.77. The summed E-state index contributed by atoms with van der Waals surface area (Å²) in [7, 11) is -0.988. The van der Waals surface area contributed by atoms with E-state index in [1.54, 1.807) is 6.92 Å². The second kappa shape index (κ2) is 7.75. The SMILES string of the molecule is CC1C(C)S(=O)(=O)CCN1CC(O)CN(C)Cc1ccccc1. The van der Waals surface area contributed by atoms with E-state index >= 15 is 0 Å². The molecule has 0 saturated carbocycles. The molecule has 1 N–H and O–H groups in total. The Balaban J connectivity index is 1.83. The maximum atomic E-state index is 11.9. The van der Waals surface area contributed by atoms with Gasteiger partial charge < -0.3 is 5.11 Å². The minimum absolute atomic E-state index is 0.0529. The van der Waals surface area contributed by atoms with Gasteiger partial charge in [-0.1, -0.05) is 30.3 Å². The molecule has 0 radical (unpaired) electrons. The first-order chi connectivity index (χ1) is 10.8. The summed E-state index contributed by atoms with van der Waals surface area (Å²) in [6.07, 6.45) is -0.487.